The quantitative estimate of drug-likeness (QED) is 0.530. The molecule has 0 radical (unpaired) electrons. The van der Waals surface area contributed by atoms with Crippen LogP contribution in [0.4, 0.5) is 0 Å². The highest BCUT2D eigenvalue weighted by molar-refractivity contribution is 5.78. The summed E-state index contributed by atoms with van der Waals surface area (Å²) in [5, 5.41) is 2.79. The molecule has 0 aliphatic heterocycles. The van der Waals surface area contributed by atoms with Crippen molar-refractivity contribution in [3.63, 3.8) is 0 Å². The van der Waals surface area contributed by atoms with Crippen LogP contribution < -0.4 is 11.1 Å². The lowest BCUT2D eigenvalue weighted by atomic mass is 9.87. The highest BCUT2D eigenvalue weighted by atomic mass is 16.1. The first kappa shape index (κ1) is 8.09. The van der Waals surface area contributed by atoms with Crippen molar-refractivity contribution in [1.29, 1.82) is 0 Å². The molecule has 0 aromatic carbocycles. The molecular weight excluding hydrogens is 140 g/mol. The third kappa shape index (κ3) is 2.24. The largest absolute Gasteiger partial charge is 0.352 e. The second kappa shape index (κ2) is 3.40. The number of hydrogen-bond acceptors (Lipinski definition) is 2. The van der Waals surface area contributed by atoms with E-state index >= 15 is 0 Å². The molecule has 3 nitrogen and oxygen atoms in total. The van der Waals surface area contributed by atoms with Crippen molar-refractivity contribution in [2.24, 2.45) is 5.73 Å². The number of carbonyl (C=O) groups is 1. The van der Waals surface area contributed by atoms with Gasteiger partial charge in [-0.25, -0.2) is 0 Å². The van der Waals surface area contributed by atoms with Crippen LogP contribution in [0.5, 0.6) is 0 Å². The van der Waals surface area contributed by atoms with E-state index in [1.54, 1.807) is 0 Å². The van der Waals surface area contributed by atoms with Crippen molar-refractivity contribution >= 4 is 5.91 Å². The Hall–Kier alpha value is -1.01. The normalized spacial score (nSPS) is 28.4. The third-order valence-electron chi connectivity index (χ3n) is 1.80. The van der Waals surface area contributed by atoms with E-state index < -0.39 is 0 Å². The molecule has 0 atom stereocenters. The lowest BCUT2D eigenvalue weighted by molar-refractivity contribution is -0.121. The van der Waals surface area contributed by atoms with Gasteiger partial charge in [0.25, 0.3) is 0 Å². The first-order valence-electron chi connectivity index (χ1n) is 3.70. The zero-order valence-corrected chi connectivity index (χ0v) is 6.34. The highest BCUT2D eigenvalue weighted by Gasteiger charge is 2.26. The van der Waals surface area contributed by atoms with Gasteiger partial charge in [-0.05, 0) is 12.8 Å². The van der Waals surface area contributed by atoms with Crippen LogP contribution in [0.25, 0.3) is 0 Å². The molecule has 0 aromatic heterocycles. The predicted molar refractivity (Wildman–Crippen MR) is 42.6 cm³/mol. The Kier molecular flexibility index (Phi) is 2.50. The van der Waals surface area contributed by atoms with Crippen molar-refractivity contribution in [1.82, 2.24) is 5.32 Å². The molecule has 3 heteroatoms. The van der Waals surface area contributed by atoms with Gasteiger partial charge >= 0.3 is 0 Å². The zero-order chi connectivity index (χ0) is 8.27. The van der Waals surface area contributed by atoms with E-state index in [0.29, 0.717) is 0 Å². The Bertz CT molecular complexity index is 189. The molecule has 0 heterocycles. The minimum atomic E-state index is -0.0654. The molecule has 1 aliphatic carbocycles. The van der Waals surface area contributed by atoms with Gasteiger partial charge in [0.1, 0.15) is 0 Å². The van der Waals surface area contributed by atoms with Crippen LogP contribution in [0.3, 0.4) is 0 Å². The van der Waals surface area contributed by atoms with Crippen molar-refractivity contribution < 1.29 is 4.79 Å². The molecule has 1 saturated carbocycles. The number of amides is 1. The molecule has 0 unspecified atom stereocenters. The summed E-state index contributed by atoms with van der Waals surface area (Å²) < 4.78 is 0. The second-order valence-corrected chi connectivity index (χ2v) is 2.88. The summed E-state index contributed by atoms with van der Waals surface area (Å²) in [5.74, 6) is 2.22. The number of nitrogens with two attached hydrogens (primary N) is 1. The summed E-state index contributed by atoms with van der Waals surface area (Å²) in [7, 11) is 0. The van der Waals surface area contributed by atoms with E-state index in [4.69, 9.17) is 12.2 Å². The molecule has 0 saturated heterocycles. The number of terminal acetylenes is 1. The van der Waals surface area contributed by atoms with E-state index in [1.807, 2.05) is 0 Å². The SMILES string of the molecule is C#CCC(=O)NC1CC(N)C1. The van der Waals surface area contributed by atoms with Crippen LogP contribution in [-0.4, -0.2) is 18.0 Å². The number of nitrogens with one attached hydrogen (secondary N) is 1. The van der Waals surface area contributed by atoms with Crippen molar-refractivity contribution in [3.05, 3.63) is 0 Å². The van der Waals surface area contributed by atoms with E-state index in [2.05, 4.69) is 11.2 Å². The molecule has 11 heavy (non-hydrogen) atoms. The Balaban J connectivity index is 2.13. The van der Waals surface area contributed by atoms with Gasteiger partial charge in [-0.15, -0.1) is 6.42 Å². The zero-order valence-electron chi connectivity index (χ0n) is 6.34. The van der Waals surface area contributed by atoms with E-state index in [-0.39, 0.29) is 24.4 Å². The van der Waals surface area contributed by atoms with Crippen LogP contribution in [-0.2, 0) is 4.79 Å². The fourth-order valence-electron chi connectivity index (χ4n) is 1.15. The van der Waals surface area contributed by atoms with E-state index in [0.717, 1.165) is 12.8 Å². The molecule has 0 bridgehead atoms. The Labute approximate surface area is 66.3 Å². The highest BCUT2D eigenvalue weighted by Crippen LogP contribution is 2.16. The van der Waals surface area contributed by atoms with Crippen LogP contribution in [0, 0.1) is 12.3 Å². The predicted octanol–water partition coefficient (Wildman–Crippen LogP) is -0.384. The molecule has 0 aromatic rings. The molecular formula is C8H12N2O. The first-order valence-corrected chi connectivity index (χ1v) is 3.70. The Morgan fingerprint density at radius 2 is 2.36 bits per heavy atom. The molecule has 0 spiro atoms. The van der Waals surface area contributed by atoms with Crippen LogP contribution in [0.15, 0.2) is 0 Å². The summed E-state index contributed by atoms with van der Waals surface area (Å²) >= 11 is 0. The minimum absolute atomic E-state index is 0.0654. The van der Waals surface area contributed by atoms with Gasteiger partial charge in [0.15, 0.2) is 0 Å². The van der Waals surface area contributed by atoms with Gasteiger partial charge in [0.05, 0.1) is 6.42 Å². The average Bonchev–Trinajstić information content (AvgIpc) is 1.85. The average molecular weight is 152 g/mol. The molecule has 1 aliphatic rings. The second-order valence-electron chi connectivity index (χ2n) is 2.88. The fraction of sp³-hybridized carbons (Fsp3) is 0.625. The monoisotopic (exact) mass is 152 g/mol. The summed E-state index contributed by atoms with van der Waals surface area (Å²) in [5.41, 5.74) is 5.53. The van der Waals surface area contributed by atoms with Gasteiger partial charge < -0.3 is 11.1 Å². The lowest BCUT2D eigenvalue weighted by Crippen LogP contribution is -2.50. The van der Waals surface area contributed by atoms with Gasteiger partial charge in [-0.3, -0.25) is 4.79 Å². The number of rotatable bonds is 2. The van der Waals surface area contributed by atoms with Gasteiger partial charge in [0, 0.05) is 12.1 Å². The molecule has 1 fully saturated rings. The first-order chi connectivity index (χ1) is 5.22. The minimum Gasteiger partial charge on any atom is -0.352 e. The topological polar surface area (TPSA) is 55.1 Å². The van der Waals surface area contributed by atoms with Crippen molar-refractivity contribution in [3.8, 4) is 12.3 Å². The third-order valence-corrected chi connectivity index (χ3v) is 1.80. The van der Waals surface area contributed by atoms with Gasteiger partial charge in [-0.1, -0.05) is 5.92 Å². The molecule has 3 N–H and O–H groups in total. The van der Waals surface area contributed by atoms with E-state index in [9.17, 15) is 4.79 Å². The number of carbonyl (C=O) groups excluding carboxylic acids is 1. The maximum atomic E-state index is 10.9. The Morgan fingerprint density at radius 3 is 2.82 bits per heavy atom. The Morgan fingerprint density at radius 1 is 1.73 bits per heavy atom. The summed E-state index contributed by atoms with van der Waals surface area (Å²) in [6.45, 7) is 0. The van der Waals surface area contributed by atoms with Crippen LogP contribution >= 0.6 is 0 Å². The lowest BCUT2D eigenvalue weighted by Gasteiger charge is -2.32. The van der Waals surface area contributed by atoms with Crippen molar-refractivity contribution in [2.45, 2.75) is 31.3 Å². The van der Waals surface area contributed by atoms with Crippen LogP contribution in [0.1, 0.15) is 19.3 Å². The van der Waals surface area contributed by atoms with Gasteiger partial charge in [-0.2, -0.15) is 0 Å². The molecule has 1 amide bonds. The standard InChI is InChI=1S/C8H12N2O/c1-2-3-8(11)10-7-4-6(9)5-7/h1,6-7H,3-5,9H2,(H,10,11). The summed E-state index contributed by atoms with van der Waals surface area (Å²) in [6.07, 6.45) is 6.90. The maximum absolute atomic E-state index is 10.9. The fourth-order valence-corrected chi connectivity index (χ4v) is 1.15. The van der Waals surface area contributed by atoms with E-state index in [1.165, 1.54) is 0 Å². The maximum Gasteiger partial charge on any atom is 0.232 e. The molecule has 60 valence electrons. The number of hydrogen-bond donors (Lipinski definition) is 2. The smallest absolute Gasteiger partial charge is 0.232 e. The van der Waals surface area contributed by atoms with Crippen LogP contribution in [0.2, 0.25) is 0 Å². The molecule has 1 rings (SSSR count). The van der Waals surface area contributed by atoms with Gasteiger partial charge in [0.2, 0.25) is 5.91 Å². The van der Waals surface area contributed by atoms with Crippen molar-refractivity contribution in [2.75, 3.05) is 0 Å². The summed E-state index contributed by atoms with van der Waals surface area (Å²) in [4.78, 5) is 10.9. The summed E-state index contributed by atoms with van der Waals surface area (Å²) in [6, 6.07) is 0.539.